The van der Waals surface area contributed by atoms with Gasteiger partial charge in [0.15, 0.2) is 6.04 Å². The number of carbonyl (C=O) groups is 2. The van der Waals surface area contributed by atoms with Gasteiger partial charge in [0, 0.05) is 13.2 Å². The number of aliphatic carboxylic acids is 1. The molecule has 0 aromatic rings. The topological polar surface area (TPSA) is 108 Å². The third-order valence-corrected chi connectivity index (χ3v) is 3.06. The third-order valence-electron chi connectivity index (χ3n) is 3.06. The summed E-state index contributed by atoms with van der Waals surface area (Å²) in [5.41, 5.74) is 0. The molecule has 1 heterocycles. The van der Waals surface area contributed by atoms with Crippen molar-refractivity contribution in [1.29, 1.82) is 0 Å². The minimum absolute atomic E-state index is 0.168. The quantitative estimate of drug-likeness (QED) is 0.548. The SMILES string of the molecule is C[C@@H](O)[C@H](NC(=O)NCCC1CCCCO1)C(=O)O. The molecule has 7 nitrogen and oxygen atoms in total. The maximum absolute atomic E-state index is 11.5. The van der Waals surface area contributed by atoms with E-state index in [0.717, 1.165) is 25.9 Å². The van der Waals surface area contributed by atoms with Gasteiger partial charge in [0.1, 0.15) is 0 Å². The zero-order valence-electron chi connectivity index (χ0n) is 11.1. The van der Waals surface area contributed by atoms with Crippen molar-refractivity contribution in [3.05, 3.63) is 0 Å². The highest BCUT2D eigenvalue weighted by Crippen LogP contribution is 2.14. The summed E-state index contributed by atoms with van der Waals surface area (Å²) in [4.78, 5) is 22.2. The Kier molecular flexibility index (Phi) is 6.58. The Bertz CT molecular complexity index is 302. The molecule has 3 atom stereocenters. The molecule has 1 saturated heterocycles. The second-order valence-electron chi connectivity index (χ2n) is 4.73. The summed E-state index contributed by atoms with van der Waals surface area (Å²) in [6.45, 7) is 2.50. The Hall–Kier alpha value is -1.34. The number of nitrogens with one attached hydrogen (secondary N) is 2. The van der Waals surface area contributed by atoms with E-state index in [2.05, 4.69) is 10.6 Å². The second kappa shape index (κ2) is 7.96. The van der Waals surface area contributed by atoms with Crippen molar-refractivity contribution in [3.8, 4) is 0 Å². The number of urea groups is 1. The molecule has 7 heteroatoms. The van der Waals surface area contributed by atoms with E-state index in [1.54, 1.807) is 0 Å². The second-order valence-corrected chi connectivity index (χ2v) is 4.73. The molecule has 1 unspecified atom stereocenters. The van der Waals surface area contributed by atoms with Crippen molar-refractivity contribution >= 4 is 12.0 Å². The van der Waals surface area contributed by atoms with Gasteiger partial charge in [-0.25, -0.2) is 9.59 Å². The predicted octanol–water partition coefficient (Wildman–Crippen LogP) is 0.0788. The molecule has 1 fully saturated rings. The van der Waals surface area contributed by atoms with Crippen LogP contribution in [0, 0.1) is 0 Å². The molecule has 0 aromatic carbocycles. The maximum Gasteiger partial charge on any atom is 0.328 e. The zero-order valence-corrected chi connectivity index (χ0v) is 11.1. The van der Waals surface area contributed by atoms with E-state index in [0.29, 0.717) is 13.0 Å². The fraction of sp³-hybridized carbons (Fsp3) is 0.833. The molecule has 0 aromatic heterocycles. The molecular weight excluding hydrogens is 252 g/mol. The molecule has 0 saturated carbocycles. The Labute approximate surface area is 112 Å². The summed E-state index contributed by atoms with van der Waals surface area (Å²) in [6.07, 6.45) is 2.94. The van der Waals surface area contributed by atoms with Crippen LogP contribution in [0.5, 0.6) is 0 Å². The molecule has 110 valence electrons. The van der Waals surface area contributed by atoms with Crippen LogP contribution in [0.3, 0.4) is 0 Å². The molecule has 4 N–H and O–H groups in total. The number of ether oxygens (including phenoxy) is 1. The number of aliphatic hydroxyl groups is 1. The van der Waals surface area contributed by atoms with Gasteiger partial charge in [0.05, 0.1) is 12.2 Å². The van der Waals surface area contributed by atoms with Gasteiger partial charge in [-0.2, -0.15) is 0 Å². The van der Waals surface area contributed by atoms with E-state index in [-0.39, 0.29) is 6.10 Å². The zero-order chi connectivity index (χ0) is 14.3. The number of carboxylic acids is 1. The van der Waals surface area contributed by atoms with Gasteiger partial charge < -0.3 is 25.6 Å². The Morgan fingerprint density at radius 2 is 2.16 bits per heavy atom. The van der Waals surface area contributed by atoms with Gasteiger partial charge in [-0.1, -0.05) is 0 Å². The van der Waals surface area contributed by atoms with Crippen LogP contribution in [0.2, 0.25) is 0 Å². The van der Waals surface area contributed by atoms with E-state index in [1.807, 2.05) is 0 Å². The summed E-state index contributed by atoms with van der Waals surface area (Å²) in [6, 6.07) is -1.89. The highest BCUT2D eigenvalue weighted by Gasteiger charge is 2.24. The fourth-order valence-corrected chi connectivity index (χ4v) is 1.96. The normalized spacial score (nSPS) is 22.3. The number of aliphatic hydroxyl groups excluding tert-OH is 1. The van der Waals surface area contributed by atoms with Crippen molar-refractivity contribution in [2.75, 3.05) is 13.2 Å². The van der Waals surface area contributed by atoms with E-state index < -0.39 is 24.1 Å². The van der Waals surface area contributed by atoms with Gasteiger partial charge in [-0.15, -0.1) is 0 Å². The molecule has 1 aliphatic rings. The van der Waals surface area contributed by atoms with E-state index in [1.165, 1.54) is 6.92 Å². The molecule has 0 radical (unpaired) electrons. The molecule has 0 bridgehead atoms. The number of rotatable bonds is 6. The predicted molar refractivity (Wildman–Crippen MR) is 67.8 cm³/mol. The lowest BCUT2D eigenvalue weighted by molar-refractivity contribution is -0.141. The highest BCUT2D eigenvalue weighted by molar-refractivity contribution is 5.82. The lowest BCUT2D eigenvalue weighted by atomic mass is 10.1. The van der Waals surface area contributed by atoms with E-state index in [4.69, 9.17) is 9.84 Å². The van der Waals surface area contributed by atoms with Crippen LogP contribution >= 0.6 is 0 Å². The van der Waals surface area contributed by atoms with Gasteiger partial charge >= 0.3 is 12.0 Å². The average molecular weight is 274 g/mol. The largest absolute Gasteiger partial charge is 0.480 e. The Morgan fingerprint density at radius 3 is 2.68 bits per heavy atom. The summed E-state index contributed by atoms with van der Waals surface area (Å²) < 4.78 is 5.51. The fourth-order valence-electron chi connectivity index (χ4n) is 1.96. The smallest absolute Gasteiger partial charge is 0.328 e. The maximum atomic E-state index is 11.5. The standard InChI is InChI=1S/C12H22N2O5/c1-8(15)10(11(16)17)14-12(18)13-6-5-9-4-2-3-7-19-9/h8-10,15H,2-7H2,1H3,(H,16,17)(H2,13,14,18)/t8-,9?,10+/m1/s1. The molecule has 2 amide bonds. The summed E-state index contributed by atoms with van der Waals surface area (Å²) >= 11 is 0. The lowest BCUT2D eigenvalue weighted by Crippen LogP contribution is -2.51. The molecule has 1 aliphatic heterocycles. The first-order valence-corrected chi connectivity index (χ1v) is 6.57. The molecule has 1 rings (SSSR count). The van der Waals surface area contributed by atoms with Crippen LogP contribution in [0.25, 0.3) is 0 Å². The molecule has 0 aliphatic carbocycles. The van der Waals surface area contributed by atoms with Crippen LogP contribution in [0.1, 0.15) is 32.6 Å². The van der Waals surface area contributed by atoms with E-state index in [9.17, 15) is 14.7 Å². The average Bonchev–Trinajstić information content (AvgIpc) is 2.36. The van der Waals surface area contributed by atoms with Gasteiger partial charge in [0.25, 0.3) is 0 Å². The van der Waals surface area contributed by atoms with Crippen LogP contribution in [0.15, 0.2) is 0 Å². The minimum Gasteiger partial charge on any atom is -0.480 e. The number of hydrogen-bond donors (Lipinski definition) is 4. The van der Waals surface area contributed by atoms with Gasteiger partial charge in [0.2, 0.25) is 0 Å². The van der Waals surface area contributed by atoms with Crippen molar-refractivity contribution in [1.82, 2.24) is 10.6 Å². The number of carbonyl (C=O) groups excluding carboxylic acids is 1. The first-order valence-electron chi connectivity index (χ1n) is 6.57. The highest BCUT2D eigenvalue weighted by atomic mass is 16.5. The van der Waals surface area contributed by atoms with Crippen LogP contribution < -0.4 is 10.6 Å². The summed E-state index contributed by atoms with van der Waals surface area (Å²) in [5, 5.41) is 22.8. The Balaban J connectivity index is 2.21. The lowest BCUT2D eigenvalue weighted by Gasteiger charge is -2.23. The minimum atomic E-state index is -1.30. The molecular formula is C12H22N2O5. The summed E-state index contributed by atoms with van der Waals surface area (Å²) in [5.74, 6) is -1.26. The van der Waals surface area contributed by atoms with Crippen molar-refractivity contribution in [2.45, 2.75) is 50.9 Å². The van der Waals surface area contributed by atoms with Crippen molar-refractivity contribution in [3.63, 3.8) is 0 Å². The van der Waals surface area contributed by atoms with Crippen molar-refractivity contribution in [2.24, 2.45) is 0 Å². The number of hydrogen-bond acceptors (Lipinski definition) is 4. The first kappa shape index (κ1) is 15.7. The monoisotopic (exact) mass is 274 g/mol. The third kappa shape index (κ3) is 5.89. The summed E-state index contributed by atoms with van der Waals surface area (Å²) in [7, 11) is 0. The number of carboxylic acid groups (broad SMARTS) is 1. The molecule has 0 spiro atoms. The number of amides is 2. The van der Waals surface area contributed by atoms with Crippen LogP contribution in [-0.2, 0) is 9.53 Å². The molecule has 19 heavy (non-hydrogen) atoms. The van der Waals surface area contributed by atoms with Crippen LogP contribution in [0.4, 0.5) is 4.79 Å². The first-order chi connectivity index (χ1) is 9.00. The van der Waals surface area contributed by atoms with Crippen LogP contribution in [-0.4, -0.2) is 53.6 Å². The van der Waals surface area contributed by atoms with Crippen molar-refractivity contribution < 1.29 is 24.5 Å². The Morgan fingerprint density at radius 1 is 1.42 bits per heavy atom. The van der Waals surface area contributed by atoms with Gasteiger partial charge in [-0.3, -0.25) is 0 Å². The van der Waals surface area contributed by atoms with Gasteiger partial charge in [-0.05, 0) is 32.6 Å². The van der Waals surface area contributed by atoms with E-state index >= 15 is 0 Å².